The van der Waals surface area contributed by atoms with E-state index in [2.05, 4.69) is 31.3 Å². The average molecular weight is 393 g/mol. The number of nitrogens with one attached hydrogen (secondary N) is 1. The number of hydrogen-bond acceptors (Lipinski definition) is 4. The third-order valence-corrected chi connectivity index (χ3v) is 4.65. The van der Waals surface area contributed by atoms with Crippen molar-refractivity contribution in [1.29, 1.82) is 0 Å². The number of ether oxygens (including phenoxy) is 2. The van der Waals surface area contributed by atoms with Gasteiger partial charge < -0.3 is 19.2 Å². The van der Waals surface area contributed by atoms with Crippen LogP contribution in [0, 0.1) is 13.8 Å². The molecule has 3 rings (SSSR count). The van der Waals surface area contributed by atoms with Crippen molar-refractivity contribution in [2.75, 3.05) is 12.4 Å². The molecule has 2 aromatic carbocycles. The Labute approximate surface area is 171 Å². The van der Waals surface area contributed by atoms with E-state index in [1.807, 2.05) is 38.1 Å². The largest absolute Gasteiger partial charge is 0.495 e. The Morgan fingerprint density at radius 2 is 1.72 bits per heavy atom. The lowest BCUT2D eigenvalue weighted by atomic mass is 10.0. The monoisotopic (exact) mass is 393 g/mol. The second kappa shape index (κ2) is 8.86. The fraction of sp³-hybridized carbons (Fsp3) is 0.292. The number of methoxy groups -OCH3 is 1. The van der Waals surface area contributed by atoms with Crippen LogP contribution in [0.3, 0.4) is 0 Å². The zero-order valence-corrected chi connectivity index (χ0v) is 17.5. The molecule has 0 aliphatic carbocycles. The number of aryl methyl sites for hydroxylation is 2. The lowest BCUT2D eigenvalue weighted by Crippen LogP contribution is -2.12. The van der Waals surface area contributed by atoms with Crippen molar-refractivity contribution in [2.24, 2.45) is 0 Å². The van der Waals surface area contributed by atoms with Crippen LogP contribution in [0.15, 0.2) is 52.9 Å². The van der Waals surface area contributed by atoms with Gasteiger partial charge in [-0.05, 0) is 66.8 Å². The van der Waals surface area contributed by atoms with E-state index in [0.29, 0.717) is 23.1 Å². The molecular formula is C24H27NO4. The molecule has 5 heteroatoms. The highest BCUT2D eigenvalue weighted by Gasteiger charge is 2.15. The van der Waals surface area contributed by atoms with Crippen LogP contribution in [0.2, 0.25) is 0 Å². The fourth-order valence-electron chi connectivity index (χ4n) is 3.07. The summed E-state index contributed by atoms with van der Waals surface area (Å²) >= 11 is 0. The summed E-state index contributed by atoms with van der Waals surface area (Å²) in [5, 5.41) is 2.84. The molecule has 1 amide bonds. The summed E-state index contributed by atoms with van der Waals surface area (Å²) < 4.78 is 17.0. The number of rotatable bonds is 7. The van der Waals surface area contributed by atoms with Crippen LogP contribution in [-0.2, 0) is 6.61 Å². The number of hydrogen-bond donors (Lipinski definition) is 1. The molecule has 0 radical (unpaired) electrons. The molecular weight excluding hydrogens is 366 g/mol. The van der Waals surface area contributed by atoms with Gasteiger partial charge in [-0.3, -0.25) is 4.79 Å². The summed E-state index contributed by atoms with van der Waals surface area (Å²) in [5.41, 5.74) is 3.91. The molecule has 0 aliphatic heterocycles. The third-order valence-electron chi connectivity index (χ3n) is 4.65. The first-order valence-electron chi connectivity index (χ1n) is 9.65. The maximum Gasteiger partial charge on any atom is 0.291 e. The van der Waals surface area contributed by atoms with E-state index < -0.39 is 0 Å². The lowest BCUT2D eigenvalue weighted by molar-refractivity contribution is 0.0992. The molecule has 152 valence electrons. The van der Waals surface area contributed by atoms with Crippen LogP contribution in [-0.4, -0.2) is 13.0 Å². The van der Waals surface area contributed by atoms with Gasteiger partial charge >= 0.3 is 0 Å². The fourth-order valence-corrected chi connectivity index (χ4v) is 3.07. The molecule has 0 saturated carbocycles. The normalized spacial score (nSPS) is 10.8. The summed E-state index contributed by atoms with van der Waals surface area (Å²) in [6, 6.07) is 15.2. The van der Waals surface area contributed by atoms with Crippen LogP contribution in [0.4, 0.5) is 5.69 Å². The molecule has 0 unspecified atom stereocenters. The smallest absolute Gasteiger partial charge is 0.291 e. The zero-order chi connectivity index (χ0) is 21.0. The van der Waals surface area contributed by atoms with Gasteiger partial charge in [0, 0.05) is 0 Å². The van der Waals surface area contributed by atoms with Crippen molar-refractivity contribution in [3.63, 3.8) is 0 Å². The van der Waals surface area contributed by atoms with Gasteiger partial charge in [-0.25, -0.2) is 0 Å². The highest BCUT2D eigenvalue weighted by atomic mass is 16.5. The van der Waals surface area contributed by atoms with Gasteiger partial charge in [-0.1, -0.05) is 32.0 Å². The molecule has 0 spiro atoms. The molecule has 3 aromatic rings. The summed E-state index contributed by atoms with van der Waals surface area (Å²) in [7, 11) is 1.57. The number of benzene rings is 2. The Hall–Kier alpha value is -3.21. The quantitative estimate of drug-likeness (QED) is 0.546. The number of carbonyl (C=O) groups is 1. The van der Waals surface area contributed by atoms with Gasteiger partial charge in [-0.15, -0.1) is 0 Å². The van der Waals surface area contributed by atoms with Crippen molar-refractivity contribution < 1.29 is 18.7 Å². The number of anilines is 1. The molecule has 0 fully saturated rings. The minimum absolute atomic E-state index is 0.223. The van der Waals surface area contributed by atoms with E-state index in [-0.39, 0.29) is 18.3 Å². The van der Waals surface area contributed by atoms with Gasteiger partial charge in [0.25, 0.3) is 5.91 Å². The van der Waals surface area contributed by atoms with Crippen LogP contribution >= 0.6 is 0 Å². The first-order chi connectivity index (χ1) is 13.9. The lowest BCUT2D eigenvalue weighted by Gasteiger charge is -2.14. The van der Waals surface area contributed by atoms with Crippen molar-refractivity contribution in [1.82, 2.24) is 0 Å². The Morgan fingerprint density at radius 3 is 2.45 bits per heavy atom. The van der Waals surface area contributed by atoms with Gasteiger partial charge in [-0.2, -0.15) is 0 Å². The standard InChI is InChI=1S/C24H27NO4/c1-15(2)19-9-6-17(4)13-23(19)28-14-18-8-11-22(29-18)24(26)25-20-12-16(3)7-10-21(20)27-5/h6-13,15H,14H2,1-5H3,(H,25,26). The summed E-state index contributed by atoms with van der Waals surface area (Å²) in [4.78, 5) is 12.6. The summed E-state index contributed by atoms with van der Waals surface area (Å²) in [6.45, 7) is 8.50. The molecule has 5 nitrogen and oxygen atoms in total. The number of amides is 1. The van der Waals surface area contributed by atoms with E-state index in [1.165, 1.54) is 0 Å². The predicted octanol–water partition coefficient (Wildman–Crippen LogP) is 5.86. The van der Waals surface area contributed by atoms with E-state index in [9.17, 15) is 4.79 Å². The highest BCUT2D eigenvalue weighted by Crippen LogP contribution is 2.29. The van der Waals surface area contributed by atoms with Gasteiger partial charge in [0.05, 0.1) is 12.8 Å². The molecule has 0 saturated heterocycles. The molecule has 1 N–H and O–H groups in total. The van der Waals surface area contributed by atoms with Crippen LogP contribution in [0.5, 0.6) is 11.5 Å². The van der Waals surface area contributed by atoms with E-state index in [0.717, 1.165) is 22.4 Å². The average Bonchev–Trinajstić information content (AvgIpc) is 3.15. The number of furan rings is 1. The maximum absolute atomic E-state index is 12.6. The maximum atomic E-state index is 12.6. The Morgan fingerprint density at radius 1 is 1.00 bits per heavy atom. The first-order valence-corrected chi connectivity index (χ1v) is 9.65. The molecule has 0 aliphatic rings. The number of carbonyl (C=O) groups excluding carboxylic acids is 1. The zero-order valence-electron chi connectivity index (χ0n) is 17.5. The molecule has 0 bridgehead atoms. The van der Waals surface area contributed by atoms with Crippen molar-refractivity contribution in [3.8, 4) is 11.5 Å². The van der Waals surface area contributed by atoms with Crippen molar-refractivity contribution in [2.45, 2.75) is 40.2 Å². The van der Waals surface area contributed by atoms with Crippen LogP contribution < -0.4 is 14.8 Å². The van der Waals surface area contributed by atoms with Crippen LogP contribution in [0.25, 0.3) is 0 Å². The van der Waals surface area contributed by atoms with E-state index >= 15 is 0 Å². The SMILES string of the molecule is COc1ccc(C)cc1NC(=O)c1ccc(COc2cc(C)ccc2C(C)C)o1. The first kappa shape index (κ1) is 20.5. The third kappa shape index (κ3) is 4.99. The predicted molar refractivity (Wildman–Crippen MR) is 114 cm³/mol. The molecule has 0 atom stereocenters. The minimum Gasteiger partial charge on any atom is -0.495 e. The van der Waals surface area contributed by atoms with Gasteiger partial charge in [0.2, 0.25) is 0 Å². The Bertz CT molecular complexity index is 1000. The van der Waals surface area contributed by atoms with Crippen molar-refractivity contribution >= 4 is 11.6 Å². The second-order valence-corrected chi connectivity index (χ2v) is 7.41. The molecule has 1 aromatic heterocycles. The Kier molecular flexibility index (Phi) is 6.27. The topological polar surface area (TPSA) is 60.7 Å². The second-order valence-electron chi connectivity index (χ2n) is 7.41. The van der Waals surface area contributed by atoms with E-state index in [1.54, 1.807) is 19.2 Å². The van der Waals surface area contributed by atoms with E-state index in [4.69, 9.17) is 13.9 Å². The minimum atomic E-state index is -0.335. The Balaban J connectivity index is 1.69. The van der Waals surface area contributed by atoms with Gasteiger partial charge in [0.1, 0.15) is 23.9 Å². The van der Waals surface area contributed by atoms with Gasteiger partial charge in [0.15, 0.2) is 5.76 Å². The summed E-state index contributed by atoms with van der Waals surface area (Å²) in [5.74, 6) is 2.26. The highest BCUT2D eigenvalue weighted by molar-refractivity contribution is 6.03. The van der Waals surface area contributed by atoms with Crippen molar-refractivity contribution in [3.05, 3.63) is 76.7 Å². The molecule has 29 heavy (non-hydrogen) atoms. The molecule has 1 heterocycles. The summed E-state index contributed by atoms with van der Waals surface area (Å²) in [6.07, 6.45) is 0. The van der Waals surface area contributed by atoms with Crippen LogP contribution in [0.1, 0.15) is 52.8 Å².